The molecule has 1 rings (SSSR count). The summed E-state index contributed by atoms with van der Waals surface area (Å²) in [5, 5.41) is 0. The smallest absolute Gasteiger partial charge is 0.330 e. The Morgan fingerprint density at radius 3 is 2.16 bits per heavy atom. The molecule has 0 aromatic heterocycles. The van der Waals surface area contributed by atoms with Crippen molar-refractivity contribution in [2.24, 2.45) is 0 Å². The molecule has 0 bridgehead atoms. The second-order valence-corrected chi connectivity index (χ2v) is 3.54. The lowest BCUT2D eigenvalue weighted by atomic mass is 10.1. The molecule has 1 aromatic carbocycles. The van der Waals surface area contributed by atoms with Crippen molar-refractivity contribution in [3.05, 3.63) is 23.8 Å². The number of hydrogen-bond acceptors (Lipinski definition) is 5. The summed E-state index contributed by atoms with van der Waals surface area (Å²) in [7, 11) is 4.42. The number of esters is 1. The van der Waals surface area contributed by atoms with Gasteiger partial charge in [0.25, 0.3) is 0 Å². The minimum atomic E-state index is -0.424. The number of hydrogen-bond donors (Lipinski definition) is 0. The van der Waals surface area contributed by atoms with Crippen LogP contribution >= 0.6 is 0 Å². The summed E-state index contributed by atoms with van der Waals surface area (Å²) in [6, 6.07) is 3.51. The SMILES string of the molecule is CCOc1c(OC)cc(/C=C/C(=O)OC)cc1OC. The second kappa shape index (κ2) is 7.31. The van der Waals surface area contributed by atoms with E-state index < -0.39 is 5.97 Å². The molecule has 0 heterocycles. The quantitative estimate of drug-likeness (QED) is 0.584. The zero-order valence-electron chi connectivity index (χ0n) is 11.6. The summed E-state index contributed by atoms with van der Waals surface area (Å²) in [6.07, 6.45) is 2.95. The number of methoxy groups -OCH3 is 3. The topological polar surface area (TPSA) is 54.0 Å². The number of benzene rings is 1. The maximum absolute atomic E-state index is 11.1. The average molecular weight is 266 g/mol. The highest BCUT2D eigenvalue weighted by atomic mass is 16.5. The molecular weight excluding hydrogens is 248 g/mol. The molecular formula is C14H18O5. The van der Waals surface area contributed by atoms with E-state index >= 15 is 0 Å². The predicted octanol–water partition coefficient (Wildman–Crippen LogP) is 2.29. The van der Waals surface area contributed by atoms with Crippen molar-refractivity contribution in [2.75, 3.05) is 27.9 Å². The van der Waals surface area contributed by atoms with Gasteiger partial charge in [0.05, 0.1) is 27.9 Å². The summed E-state index contributed by atoms with van der Waals surface area (Å²) >= 11 is 0. The largest absolute Gasteiger partial charge is 0.493 e. The third kappa shape index (κ3) is 3.91. The Morgan fingerprint density at radius 2 is 1.74 bits per heavy atom. The van der Waals surface area contributed by atoms with E-state index in [0.29, 0.717) is 23.9 Å². The van der Waals surface area contributed by atoms with Crippen molar-refractivity contribution < 1.29 is 23.7 Å². The van der Waals surface area contributed by atoms with Crippen LogP contribution in [0.15, 0.2) is 18.2 Å². The molecule has 0 saturated heterocycles. The Labute approximate surface area is 112 Å². The minimum absolute atomic E-state index is 0.424. The van der Waals surface area contributed by atoms with Crippen molar-refractivity contribution in [3.8, 4) is 17.2 Å². The fourth-order valence-corrected chi connectivity index (χ4v) is 1.52. The maximum atomic E-state index is 11.1. The van der Waals surface area contributed by atoms with E-state index in [1.807, 2.05) is 6.92 Å². The fraction of sp³-hybridized carbons (Fsp3) is 0.357. The molecule has 0 aliphatic rings. The van der Waals surface area contributed by atoms with Gasteiger partial charge in [-0.2, -0.15) is 0 Å². The van der Waals surface area contributed by atoms with Crippen LogP contribution in [0.3, 0.4) is 0 Å². The Morgan fingerprint density at radius 1 is 1.16 bits per heavy atom. The Hall–Kier alpha value is -2.17. The van der Waals surface area contributed by atoms with E-state index in [1.165, 1.54) is 13.2 Å². The first-order valence-electron chi connectivity index (χ1n) is 5.81. The van der Waals surface area contributed by atoms with E-state index in [-0.39, 0.29) is 0 Å². The van der Waals surface area contributed by atoms with Gasteiger partial charge in [-0.1, -0.05) is 0 Å². The lowest BCUT2D eigenvalue weighted by Crippen LogP contribution is -1.99. The number of carbonyl (C=O) groups excluding carboxylic acids is 1. The van der Waals surface area contributed by atoms with Gasteiger partial charge in [0, 0.05) is 6.08 Å². The van der Waals surface area contributed by atoms with E-state index in [0.717, 1.165) is 5.56 Å². The van der Waals surface area contributed by atoms with Crippen molar-refractivity contribution in [3.63, 3.8) is 0 Å². The van der Waals surface area contributed by atoms with Crippen LogP contribution in [-0.4, -0.2) is 33.9 Å². The van der Waals surface area contributed by atoms with Crippen molar-refractivity contribution >= 4 is 12.0 Å². The van der Waals surface area contributed by atoms with Gasteiger partial charge in [-0.3, -0.25) is 0 Å². The molecule has 0 atom stereocenters. The summed E-state index contributed by atoms with van der Waals surface area (Å²) < 4.78 is 20.5. The summed E-state index contributed by atoms with van der Waals surface area (Å²) in [6.45, 7) is 2.38. The molecule has 0 aliphatic carbocycles. The highest BCUT2D eigenvalue weighted by molar-refractivity contribution is 5.87. The van der Waals surface area contributed by atoms with E-state index in [9.17, 15) is 4.79 Å². The van der Waals surface area contributed by atoms with Gasteiger partial charge < -0.3 is 18.9 Å². The predicted molar refractivity (Wildman–Crippen MR) is 71.8 cm³/mol. The molecule has 0 N–H and O–H groups in total. The molecule has 104 valence electrons. The van der Waals surface area contributed by atoms with Crippen LogP contribution < -0.4 is 14.2 Å². The standard InChI is InChI=1S/C14H18O5/c1-5-19-14-11(16-2)8-10(9-12(14)17-3)6-7-13(15)18-4/h6-9H,5H2,1-4H3/b7-6+. The lowest BCUT2D eigenvalue weighted by molar-refractivity contribution is -0.134. The maximum Gasteiger partial charge on any atom is 0.330 e. The first-order valence-corrected chi connectivity index (χ1v) is 5.81. The Kier molecular flexibility index (Phi) is 5.73. The molecule has 0 amide bonds. The van der Waals surface area contributed by atoms with Gasteiger partial charge >= 0.3 is 5.97 Å². The number of carbonyl (C=O) groups is 1. The first kappa shape index (κ1) is 14.9. The van der Waals surface area contributed by atoms with Gasteiger partial charge in [0.2, 0.25) is 5.75 Å². The molecule has 0 aliphatic heterocycles. The number of ether oxygens (including phenoxy) is 4. The zero-order valence-corrected chi connectivity index (χ0v) is 11.6. The van der Waals surface area contributed by atoms with Crippen molar-refractivity contribution in [1.29, 1.82) is 0 Å². The molecule has 0 saturated carbocycles. The van der Waals surface area contributed by atoms with E-state index in [2.05, 4.69) is 4.74 Å². The molecule has 1 aromatic rings. The molecule has 19 heavy (non-hydrogen) atoms. The van der Waals surface area contributed by atoms with E-state index in [1.54, 1.807) is 32.4 Å². The summed E-state index contributed by atoms with van der Waals surface area (Å²) in [5.74, 6) is 1.21. The minimum Gasteiger partial charge on any atom is -0.493 e. The second-order valence-electron chi connectivity index (χ2n) is 3.54. The van der Waals surface area contributed by atoms with Crippen LogP contribution in [0.2, 0.25) is 0 Å². The molecule has 0 spiro atoms. The van der Waals surface area contributed by atoms with Crippen LogP contribution in [0.4, 0.5) is 0 Å². The first-order chi connectivity index (χ1) is 9.15. The monoisotopic (exact) mass is 266 g/mol. The van der Waals surface area contributed by atoms with Gasteiger partial charge in [0.1, 0.15) is 0 Å². The molecule has 0 unspecified atom stereocenters. The van der Waals surface area contributed by atoms with Gasteiger partial charge in [-0.05, 0) is 30.7 Å². The van der Waals surface area contributed by atoms with Crippen LogP contribution in [0.25, 0.3) is 6.08 Å². The third-order valence-electron chi connectivity index (χ3n) is 2.38. The normalized spacial score (nSPS) is 10.3. The van der Waals surface area contributed by atoms with Crippen LogP contribution in [-0.2, 0) is 9.53 Å². The molecule has 0 radical (unpaired) electrons. The van der Waals surface area contributed by atoms with Crippen LogP contribution in [0.1, 0.15) is 12.5 Å². The van der Waals surface area contributed by atoms with E-state index in [4.69, 9.17) is 14.2 Å². The van der Waals surface area contributed by atoms with Crippen LogP contribution in [0, 0.1) is 0 Å². The van der Waals surface area contributed by atoms with Crippen molar-refractivity contribution in [2.45, 2.75) is 6.92 Å². The zero-order chi connectivity index (χ0) is 14.3. The Balaban J connectivity index is 3.15. The highest BCUT2D eigenvalue weighted by Crippen LogP contribution is 2.38. The molecule has 5 nitrogen and oxygen atoms in total. The van der Waals surface area contributed by atoms with Gasteiger partial charge in [-0.25, -0.2) is 4.79 Å². The Bertz CT molecular complexity index is 440. The molecule has 5 heteroatoms. The van der Waals surface area contributed by atoms with Crippen LogP contribution in [0.5, 0.6) is 17.2 Å². The number of rotatable bonds is 6. The van der Waals surface area contributed by atoms with Gasteiger partial charge in [0.15, 0.2) is 11.5 Å². The van der Waals surface area contributed by atoms with Gasteiger partial charge in [-0.15, -0.1) is 0 Å². The lowest BCUT2D eigenvalue weighted by Gasteiger charge is -2.14. The van der Waals surface area contributed by atoms with Crippen molar-refractivity contribution in [1.82, 2.24) is 0 Å². The fourth-order valence-electron chi connectivity index (χ4n) is 1.52. The average Bonchev–Trinajstić information content (AvgIpc) is 2.45. The summed E-state index contributed by atoms with van der Waals surface area (Å²) in [4.78, 5) is 11.1. The summed E-state index contributed by atoms with van der Waals surface area (Å²) in [5.41, 5.74) is 0.752. The third-order valence-corrected chi connectivity index (χ3v) is 2.38. The highest BCUT2D eigenvalue weighted by Gasteiger charge is 2.12. The molecule has 0 fully saturated rings.